The highest BCUT2D eigenvalue weighted by Crippen LogP contribution is 2.08. The summed E-state index contributed by atoms with van der Waals surface area (Å²) in [6.07, 6.45) is 0. The Labute approximate surface area is 163 Å². The van der Waals surface area contributed by atoms with Crippen LogP contribution >= 0.6 is 24.0 Å². The molecule has 1 rings (SSSR count). The number of aliphatic imine (C=N–C) groups is 1. The van der Waals surface area contributed by atoms with Gasteiger partial charge in [-0.25, -0.2) is 4.39 Å². The van der Waals surface area contributed by atoms with E-state index in [2.05, 4.69) is 48.2 Å². The second-order valence-corrected chi connectivity index (χ2v) is 6.36. The van der Waals surface area contributed by atoms with Crippen LogP contribution in [0.25, 0.3) is 0 Å². The molecule has 2 N–H and O–H groups in total. The van der Waals surface area contributed by atoms with Gasteiger partial charge in [-0.15, -0.1) is 24.0 Å². The van der Waals surface area contributed by atoms with Crippen LogP contribution in [0.4, 0.5) is 4.39 Å². The molecule has 1 aromatic rings. The summed E-state index contributed by atoms with van der Waals surface area (Å²) in [5, 5.41) is 6.59. The van der Waals surface area contributed by atoms with E-state index in [9.17, 15) is 4.39 Å². The van der Waals surface area contributed by atoms with Gasteiger partial charge in [-0.3, -0.25) is 9.89 Å². The van der Waals surface area contributed by atoms with E-state index in [0.717, 1.165) is 24.6 Å². The van der Waals surface area contributed by atoms with Crippen LogP contribution in [0.1, 0.15) is 38.8 Å². The van der Waals surface area contributed by atoms with Gasteiger partial charge in [-0.1, -0.05) is 12.1 Å². The van der Waals surface area contributed by atoms with Crippen LogP contribution in [0.2, 0.25) is 0 Å². The molecule has 0 spiro atoms. The molecule has 0 bridgehead atoms. The summed E-state index contributed by atoms with van der Waals surface area (Å²) in [5.74, 6) is 0.596. The van der Waals surface area contributed by atoms with Crippen LogP contribution in [0.3, 0.4) is 0 Å². The molecule has 0 saturated carbocycles. The topological polar surface area (TPSA) is 39.7 Å². The molecule has 0 fully saturated rings. The van der Waals surface area contributed by atoms with Crippen LogP contribution in [-0.2, 0) is 6.54 Å². The number of hydrogen-bond donors (Lipinski definition) is 2. The highest BCUT2D eigenvalue weighted by molar-refractivity contribution is 14.0. The molecule has 4 nitrogen and oxygen atoms in total. The van der Waals surface area contributed by atoms with Gasteiger partial charge in [0.2, 0.25) is 0 Å². The lowest BCUT2D eigenvalue weighted by atomic mass is 10.1. The van der Waals surface area contributed by atoms with Crippen molar-refractivity contribution in [2.45, 2.75) is 53.2 Å². The normalized spacial score (nSPS) is 11.8. The monoisotopic (exact) mass is 450 g/mol. The minimum atomic E-state index is -0.168. The Hall–Kier alpha value is -0.890. The number of guanidine groups is 1. The zero-order valence-electron chi connectivity index (χ0n) is 15.7. The van der Waals surface area contributed by atoms with Crippen molar-refractivity contribution >= 4 is 29.9 Å². The fourth-order valence-electron chi connectivity index (χ4n) is 2.64. The number of hydrogen-bond acceptors (Lipinski definition) is 2. The first-order valence-electron chi connectivity index (χ1n) is 8.30. The Balaban J connectivity index is 0.00000529. The minimum Gasteiger partial charge on any atom is -0.355 e. The molecule has 0 aromatic heterocycles. The molecule has 0 amide bonds. The molecule has 0 radical (unpaired) electrons. The van der Waals surface area contributed by atoms with E-state index in [0.29, 0.717) is 24.2 Å². The Bertz CT molecular complexity index is 510. The molecule has 0 aliphatic carbocycles. The standard InChI is InChI=1S/C18H31FN4.HI/c1-13(2)23(14(3)4)10-9-21-18(20-6)22-12-16-7-8-17(19)15(5)11-16;/h7-8,11,13-14H,9-10,12H2,1-6H3,(H2,20,21,22);1H. The van der Waals surface area contributed by atoms with Crippen LogP contribution in [0.5, 0.6) is 0 Å². The number of nitrogens with one attached hydrogen (secondary N) is 2. The van der Waals surface area contributed by atoms with Gasteiger partial charge in [0.15, 0.2) is 5.96 Å². The average molecular weight is 450 g/mol. The summed E-state index contributed by atoms with van der Waals surface area (Å²) in [6.45, 7) is 13.0. The van der Waals surface area contributed by atoms with Crippen molar-refractivity contribution in [1.82, 2.24) is 15.5 Å². The zero-order valence-corrected chi connectivity index (χ0v) is 18.0. The summed E-state index contributed by atoms with van der Waals surface area (Å²) >= 11 is 0. The largest absolute Gasteiger partial charge is 0.355 e. The molecule has 6 heteroatoms. The molecule has 0 heterocycles. The predicted octanol–water partition coefficient (Wildman–Crippen LogP) is 3.54. The van der Waals surface area contributed by atoms with E-state index in [1.807, 2.05) is 6.07 Å². The van der Waals surface area contributed by atoms with Crippen LogP contribution < -0.4 is 10.6 Å². The fraction of sp³-hybridized carbons (Fsp3) is 0.611. The number of rotatable bonds is 7. The van der Waals surface area contributed by atoms with Gasteiger partial charge in [0.25, 0.3) is 0 Å². The fourth-order valence-corrected chi connectivity index (χ4v) is 2.64. The Morgan fingerprint density at radius 1 is 1.17 bits per heavy atom. The van der Waals surface area contributed by atoms with Crippen LogP contribution in [0, 0.1) is 12.7 Å². The molecular weight excluding hydrogens is 418 g/mol. The molecule has 0 aliphatic rings. The summed E-state index contributed by atoms with van der Waals surface area (Å²) in [4.78, 5) is 6.67. The van der Waals surface area contributed by atoms with Gasteiger partial charge in [-0.2, -0.15) is 0 Å². The average Bonchev–Trinajstić information content (AvgIpc) is 2.49. The number of benzene rings is 1. The third kappa shape index (κ3) is 7.79. The van der Waals surface area contributed by atoms with Crippen molar-refractivity contribution in [3.05, 3.63) is 35.1 Å². The van der Waals surface area contributed by atoms with Gasteiger partial charge in [0.05, 0.1) is 0 Å². The lowest BCUT2D eigenvalue weighted by Gasteiger charge is -2.30. The van der Waals surface area contributed by atoms with Crippen LogP contribution in [0.15, 0.2) is 23.2 Å². The molecule has 0 aliphatic heterocycles. The molecule has 0 atom stereocenters. The Morgan fingerprint density at radius 3 is 2.29 bits per heavy atom. The zero-order chi connectivity index (χ0) is 17.4. The van der Waals surface area contributed by atoms with Gasteiger partial charge >= 0.3 is 0 Å². The third-order valence-electron chi connectivity index (χ3n) is 3.89. The SMILES string of the molecule is CN=C(NCCN(C(C)C)C(C)C)NCc1ccc(F)c(C)c1.I. The number of halogens is 2. The maximum atomic E-state index is 13.3. The second-order valence-electron chi connectivity index (χ2n) is 6.36. The maximum absolute atomic E-state index is 13.3. The van der Waals surface area contributed by atoms with Crippen molar-refractivity contribution in [3.8, 4) is 0 Å². The van der Waals surface area contributed by atoms with E-state index in [-0.39, 0.29) is 29.8 Å². The van der Waals surface area contributed by atoms with Gasteiger partial charge < -0.3 is 10.6 Å². The predicted molar refractivity (Wildman–Crippen MR) is 112 cm³/mol. The molecule has 0 saturated heterocycles. The first kappa shape index (κ1) is 23.1. The number of nitrogens with zero attached hydrogens (tertiary/aromatic N) is 2. The lowest BCUT2D eigenvalue weighted by Crippen LogP contribution is -2.45. The smallest absolute Gasteiger partial charge is 0.191 e. The maximum Gasteiger partial charge on any atom is 0.191 e. The molecule has 138 valence electrons. The summed E-state index contributed by atoms with van der Waals surface area (Å²) in [6, 6.07) is 6.20. The van der Waals surface area contributed by atoms with Crippen molar-refractivity contribution in [2.75, 3.05) is 20.1 Å². The van der Waals surface area contributed by atoms with E-state index in [1.165, 1.54) is 6.07 Å². The van der Waals surface area contributed by atoms with Crippen LogP contribution in [-0.4, -0.2) is 43.1 Å². The van der Waals surface area contributed by atoms with E-state index in [1.54, 1.807) is 20.0 Å². The third-order valence-corrected chi connectivity index (χ3v) is 3.89. The molecule has 24 heavy (non-hydrogen) atoms. The molecule has 0 unspecified atom stereocenters. The first-order valence-corrected chi connectivity index (χ1v) is 8.30. The van der Waals surface area contributed by atoms with Crippen molar-refractivity contribution in [3.63, 3.8) is 0 Å². The first-order chi connectivity index (χ1) is 10.8. The van der Waals surface area contributed by atoms with E-state index < -0.39 is 0 Å². The minimum absolute atomic E-state index is 0. The number of aryl methyl sites for hydroxylation is 1. The molecular formula is C18H32FIN4. The van der Waals surface area contributed by atoms with Gasteiger partial charge in [0, 0.05) is 38.8 Å². The highest BCUT2D eigenvalue weighted by atomic mass is 127. The lowest BCUT2D eigenvalue weighted by molar-refractivity contribution is 0.178. The highest BCUT2D eigenvalue weighted by Gasteiger charge is 2.12. The summed E-state index contributed by atoms with van der Waals surface area (Å²) < 4.78 is 13.3. The van der Waals surface area contributed by atoms with E-state index >= 15 is 0 Å². The van der Waals surface area contributed by atoms with Crippen molar-refractivity contribution in [2.24, 2.45) is 4.99 Å². The summed E-state index contributed by atoms with van der Waals surface area (Å²) in [5.41, 5.74) is 1.70. The Kier molecular flexibility index (Phi) is 11.2. The van der Waals surface area contributed by atoms with Crippen molar-refractivity contribution in [1.29, 1.82) is 0 Å². The summed E-state index contributed by atoms with van der Waals surface area (Å²) in [7, 11) is 1.76. The van der Waals surface area contributed by atoms with Crippen molar-refractivity contribution < 1.29 is 4.39 Å². The quantitative estimate of drug-likeness (QED) is 0.379. The Morgan fingerprint density at radius 2 is 1.79 bits per heavy atom. The van der Waals surface area contributed by atoms with Gasteiger partial charge in [-0.05, 0) is 51.8 Å². The molecule has 1 aromatic carbocycles. The second kappa shape index (κ2) is 11.6. The van der Waals surface area contributed by atoms with Gasteiger partial charge in [0.1, 0.15) is 5.82 Å². The van der Waals surface area contributed by atoms with E-state index in [4.69, 9.17) is 0 Å².